The summed E-state index contributed by atoms with van der Waals surface area (Å²) in [6, 6.07) is 17.3. The fraction of sp³-hybridized carbons (Fsp3) is 0.250. The van der Waals surface area contributed by atoms with Crippen LogP contribution in [0.15, 0.2) is 48.5 Å². The number of benzene rings is 2. The van der Waals surface area contributed by atoms with E-state index in [9.17, 15) is 0 Å². The fourth-order valence-corrected chi connectivity index (χ4v) is 1.91. The van der Waals surface area contributed by atoms with Crippen molar-refractivity contribution in [2.75, 3.05) is 5.32 Å². The van der Waals surface area contributed by atoms with Crippen molar-refractivity contribution in [3.63, 3.8) is 0 Å². The Balaban J connectivity index is 2.13. The van der Waals surface area contributed by atoms with Crippen molar-refractivity contribution in [2.45, 2.75) is 26.8 Å². The van der Waals surface area contributed by atoms with Crippen molar-refractivity contribution in [1.82, 2.24) is 0 Å². The molecule has 0 aliphatic carbocycles. The van der Waals surface area contributed by atoms with Crippen LogP contribution in [0.1, 0.15) is 29.7 Å². The fourth-order valence-electron chi connectivity index (χ4n) is 1.91. The van der Waals surface area contributed by atoms with Crippen molar-refractivity contribution in [2.24, 2.45) is 0 Å². The van der Waals surface area contributed by atoms with Gasteiger partial charge in [-0.05, 0) is 49.6 Å². The standard InChI is InChI=1S/C16H19N/c1-12-9-10-16(11-13(12)2)17-14(3)15-7-5-4-6-8-15/h4-11,14,17H,1-3H3. The summed E-state index contributed by atoms with van der Waals surface area (Å²) in [7, 11) is 0. The second-order valence-electron chi connectivity index (χ2n) is 4.58. The van der Waals surface area contributed by atoms with Crippen LogP contribution in [0.25, 0.3) is 0 Å². The maximum Gasteiger partial charge on any atom is 0.0485 e. The highest BCUT2D eigenvalue weighted by atomic mass is 14.9. The van der Waals surface area contributed by atoms with Gasteiger partial charge in [-0.25, -0.2) is 0 Å². The first-order chi connectivity index (χ1) is 8.16. The molecule has 0 aliphatic rings. The predicted octanol–water partition coefficient (Wildman–Crippen LogP) is 4.48. The van der Waals surface area contributed by atoms with E-state index in [4.69, 9.17) is 0 Å². The van der Waals surface area contributed by atoms with Gasteiger partial charge in [0.15, 0.2) is 0 Å². The first-order valence-corrected chi connectivity index (χ1v) is 6.05. The Bertz CT molecular complexity index is 488. The summed E-state index contributed by atoms with van der Waals surface area (Å²) in [5, 5.41) is 3.53. The Morgan fingerprint density at radius 3 is 2.24 bits per heavy atom. The van der Waals surface area contributed by atoms with Gasteiger partial charge in [0.2, 0.25) is 0 Å². The van der Waals surface area contributed by atoms with Crippen LogP contribution in [0.4, 0.5) is 5.69 Å². The summed E-state index contributed by atoms with van der Waals surface area (Å²) >= 11 is 0. The maximum atomic E-state index is 3.53. The van der Waals surface area contributed by atoms with Gasteiger partial charge in [-0.15, -0.1) is 0 Å². The molecule has 2 aromatic carbocycles. The third kappa shape index (κ3) is 2.88. The monoisotopic (exact) mass is 225 g/mol. The summed E-state index contributed by atoms with van der Waals surface area (Å²) in [5.74, 6) is 0. The molecule has 0 spiro atoms. The minimum absolute atomic E-state index is 0.332. The topological polar surface area (TPSA) is 12.0 Å². The van der Waals surface area contributed by atoms with Crippen molar-refractivity contribution >= 4 is 5.69 Å². The highest BCUT2D eigenvalue weighted by Gasteiger charge is 2.04. The molecule has 88 valence electrons. The number of aryl methyl sites for hydroxylation is 2. The van der Waals surface area contributed by atoms with Gasteiger partial charge in [0.25, 0.3) is 0 Å². The van der Waals surface area contributed by atoms with Gasteiger partial charge in [-0.1, -0.05) is 36.4 Å². The second kappa shape index (κ2) is 5.05. The Hall–Kier alpha value is -1.76. The first-order valence-electron chi connectivity index (χ1n) is 6.05. The van der Waals surface area contributed by atoms with Crippen molar-refractivity contribution in [3.8, 4) is 0 Å². The minimum atomic E-state index is 0.332. The third-order valence-corrected chi connectivity index (χ3v) is 3.19. The first kappa shape index (κ1) is 11.7. The molecule has 1 atom stereocenters. The summed E-state index contributed by atoms with van der Waals surface area (Å²) in [4.78, 5) is 0. The molecule has 1 N–H and O–H groups in total. The molecular weight excluding hydrogens is 206 g/mol. The molecule has 0 amide bonds. The molecule has 2 aromatic rings. The Labute approximate surface area is 103 Å². The summed E-state index contributed by atoms with van der Waals surface area (Å²) in [5.41, 5.74) is 5.16. The Morgan fingerprint density at radius 1 is 0.882 bits per heavy atom. The highest BCUT2D eigenvalue weighted by Crippen LogP contribution is 2.20. The van der Waals surface area contributed by atoms with E-state index in [1.807, 2.05) is 6.07 Å². The maximum absolute atomic E-state index is 3.53. The van der Waals surface area contributed by atoms with Gasteiger partial charge in [-0.2, -0.15) is 0 Å². The van der Waals surface area contributed by atoms with Crippen LogP contribution in [-0.2, 0) is 0 Å². The summed E-state index contributed by atoms with van der Waals surface area (Å²) in [6.07, 6.45) is 0. The molecule has 1 unspecified atom stereocenters. The van der Waals surface area contributed by atoms with Gasteiger partial charge < -0.3 is 5.32 Å². The van der Waals surface area contributed by atoms with E-state index in [-0.39, 0.29) is 0 Å². The van der Waals surface area contributed by atoms with Crippen LogP contribution in [0.5, 0.6) is 0 Å². The van der Waals surface area contributed by atoms with Crippen molar-refractivity contribution < 1.29 is 0 Å². The van der Waals surface area contributed by atoms with Gasteiger partial charge in [0, 0.05) is 11.7 Å². The van der Waals surface area contributed by atoms with Crippen molar-refractivity contribution in [1.29, 1.82) is 0 Å². The zero-order chi connectivity index (χ0) is 12.3. The van der Waals surface area contributed by atoms with Crippen LogP contribution >= 0.6 is 0 Å². The van der Waals surface area contributed by atoms with Crippen molar-refractivity contribution in [3.05, 3.63) is 65.2 Å². The molecule has 1 heteroatoms. The van der Waals surface area contributed by atoms with Crippen LogP contribution in [0, 0.1) is 13.8 Å². The average molecular weight is 225 g/mol. The Morgan fingerprint density at radius 2 is 1.59 bits per heavy atom. The molecular formula is C16H19N. The molecule has 17 heavy (non-hydrogen) atoms. The van der Waals surface area contributed by atoms with Gasteiger partial charge in [0.05, 0.1) is 0 Å². The van der Waals surface area contributed by atoms with Gasteiger partial charge in [-0.3, -0.25) is 0 Å². The zero-order valence-corrected chi connectivity index (χ0v) is 10.7. The number of rotatable bonds is 3. The third-order valence-electron chi connectivity index (χ3n) is 3.19. The number of hydrogen-bond acceptors (Lipinski definition) is 1. The molecule has 1 nitrogen and oxygen atoms in total. The molecule has 0 saturated carbocycles. The highest BCUT2D eigenvalue weighted by molar-refractivity contribution is 5.49. The predicted molar refractivity (Wildman–Crippen MR) is 74.4 cm³/mol. The number of anilines is 1. The molecule has 0 bridgehead atoms. The molecule has 2 rings (SSSR count). The van der Waals surface area contributed by atoms with Crippen LogP contribution < -0.4 is 5.32 Å². The van der Waals surface area contributed by atoms with E-state index in [1.54, 1.807) is 0 Å². The smallest absolute Gasteiger partial charge is 0.0485 e. The molecule has 0 fully saturated rings. The largest absolute Gasteiger partial charge is 0.379 e. The van der Waals surface area contributed by atoms with E-state index >= 15 is 0 Å². The average Bonchev–Trinajstić information content (AvgIpc) is 2.35. The van der Waals surface area contributed by atoms with E-state index in [0.29, 0.717) is 6.04 Å². The minimum Gasteiger partial charge on any atom is -0.379 e. The van der Waals surface area contributed by atoms with Gasteiger partial charge in [0.1, 0.15) is 0 Å². The van der Waals surface area contributed by atoms with E-state index in [2.05, 4.69) is 68.6 Å². The quantitative estimate of drug-likeness (QED) is 0.812. The SMILES string of the molecule is Cc1ccc(NC(C)c2ccccc2)cc1C. The Kier molecular flexibility index (Phi) is 3.48. The number of nitrogens with one attached hydrogen (secondary N) is 1. The van der Waals surface area contributed by atoms with Crippen LogP contribution in [-0.4, -0.2) is 0 Å². The lowest BCUT2D eigenvalue weighted by Crippen LogP contribution is -2.06. The summed E-state index contributed by atoms with van der Waals surface area (Å²) in [6.45, 7) is 6.47. The van der Waals surface area contributed by atoms with Crippen LogP contribution in [0.3, 0.4) is 0 Å². The lowest BCUT2D eigenvalue weighted by atomic mass is 10.1. The molecule has 0 saturated heterocycles. The number of hydrogen-bond donors (Lipinski definition) is 1. The summed E-state index contributed by atoms with van der Waals surface area (Å²) < 4.78 is 0. The molecule has 0 radical (unpaired) electrons. The lowest BCUT2D eigenvalue weighted by Gasteiger charge is -2.16. The normalized spacial score (nSPS) is 12.2. The van der Waals surface area contributed by atoms with E-state index < -0.39 is 0 Å². The molecule has 0 heterocycles. The molecule has 0 aliphatic heterocycles. The lowest BCUT2D eigenvalue weighted by molar-refractivity contribution is 0.884. The van der Waals surface area contributed by atoms with Crippen LogP contribution in [0.2, 0.25) is 0 Å². The van der Waals surface area contributed by atoms with E-state index in [0.717, 1.165) is 0 Å². The second-order valence-corrected chi connectivity index (χ2v) is 4.58. The molecule has 0 aromatic heterocycles. The van der Waals surface area contributed by atoms with Gasteiger partial charge >= 0.3 is 0 Å². The van der Waals surface area contributed by atoms with E-state index in [1.165, 1.54) is 22.4 Å². The zero-order valence-electron chi connectivity index (χ0n) is 10.7.